The second-order valence-electron chi connectivity index (χ2n) is 1.67. The van der Waals surface area contributed by atoms with Gasteiger partial charge in [-0.25, -0.2) is 0 Å². The zero-order valence-electron chi connectivity index (χ0n) is 5.02. The molecule has 0 amide bonds. The van der Waals surface area contributed by atoms with Crippen LogP contribution in [0.3, 0.4) is 0 Å². The van der Waals surface area contributed by atoms with Crippen molar-refractivity contribution >= 4 is 11.6 Å². The molecule has 1 aromatic heterocycles. The molecule has 1 aromatic rings. The second kappa shape index (κ2) is 2.27. The number of hydrogen-bond acceptors (Lipinski definition) is 1. The molecular formula is C5H7ClN2O. The molecule has 0 spiro atoms. The Bertz CT molecular complexity index is 250. The van der Waals surface area contributed by atoms with Gasteiger partial charge in [0.15, 0.2) is 0 Å². The number of nitrogens with one attached hydrogen (secondary N) is 1. The second-order valence-corrected chi connectivity index (χ2v) is 2.08. The summed E-state index contributed by atoms with van der Waals surface area (Å²) in [5.74, 6) is 0. The molecular weight excluding hydrogens is 140 g/mol. The van der Waals surface area contributed by atoms with Gasteiger partial charge in [0, 0.05) is 12.7 Å². The van der Waals surface area contributed by atoms with E-state index >= 15 is 0 Å². The molecule has 1 rings (SSSR count). The van der Waals surface area contributed by atoms with Gasteiger partial charge in [0.25, 0.3) is 5.56 Å². The molecule has 1 N–H and O–H groups in total. The molecule has 0 atom stereocenters. The average Bonchev–Trinajstić information content (AvgIpc) is 2.15. The Labute approximate surface area is 57.2 Å². The highest BCUT2D eigenvalue weighted by molar-refractivity contribution is 6.30. The van der Waals surface area contributed by atoms with E-state index in [0.717, 1.165) is 0 Å². The SMILES string of the molecule is CCn1[nH]cc(Cl)c1=O. The van der Waals surface area contributed by atoms with Gasteiger partial charge in [-0.15, -0.1) is 0 Å². The van der Waals surface area contributed by atoms with Crippen LogP contribution in [-0.2, 0) is 6.54 Å². The number of nitrogens with zero attached hydrogens (tertiary/aromatic N) is 1. The molecule has 50 valence electrons. The van der Waals surface area contributed by atoms with Crippen molar-refractivity contribution in [1.82, 2.24) is 9.78 Å². The maximum atomic E-state index is 10.8. The van der Waals surface area contributed by atoms with Crippen LogP contribution in [0, 0.1) is 0 Å². The number of aromatic nitrogens is 2. The van der Waals surface area contributed by atoms with E-state index in [1.165, 1.54) is 10.9 Å². The lowest BCUT2D eigenvalue weighted by Crippen LogP contribution is -2.14. The third kappa shape index (κ3) is 1.00. The number of halogens is 1. The first-order valence-electron chi connectivity index (χ1n) is 2.69. The Kier molecular flexibility index (Phi) is 1.62. The van der Waals surface area contributed by atoms with Crippen molar-refractivity contribution in [2.24, 2.45) is 0 Å². The Morgan fingerprint density at radius 2 is 2.56 bits per heavy atom. The average molecular weight is 147 g/mol. The topological polar surface area (TPSA) is 37.8 Å². The zero-order valence-corrected chi connectivity index (χ0v) is 5.77. The zero-order chi connectivity index (χ0) is 6.85. The summed E-state index contributed by atoms with van der Waals surface area (Å²) >= 11 is 5.44. The third-order valence-electron chi connectivity index (χ3n) is 1.11. The van der Waals surface area contributed by atoms with Gasteiger partial charge < -0.3 is 5.10 Å². The van der Waals surface area contributed by atoms with E-state index in [1.54, 1.807) is 0 Å². The van der Waals surface area contributed by atoms with Gasteiger partial charge in [-0.2, -0.15) is 0 Å². The summed E-state index contributed by atoms with van der Waals surface area (Å²) in [7, 11) is 0. The highest BCUT2D eigenvalue weighted by atomic mass is 35.5. The van der Waals surface area contributed by atoms with Gasteiger partial charge in [-0.1, -0.05) is 11.6 Å². The minimum atomic E-state index is -0.154. The first-order chi connectivity index (χ1) is 4.25. The predicted molar refractivity (Wildman–Crippen MR) is 35.7 cm³/mol. The first-order valence-corrected chi connectivity index (χ1v) is 3.07. The molecule has 0 fully saturated rings. The van der Waals surface area contributed by atoms with Crippen LogP contribution < -0.4 is 5.56 Å². The lowest BCUT2D eigenvalue weighted by Gasteiger charge is -1.89. The van der Waals surface area contributed by atoms with Gasteiger partial charge >= 0.3 is 0 Å². The van der Waals surface area contributed by atoms with Crippen molar-refractivity contribution in [3.63, 3.8) is 0 Å². The molecule has 0 aromatic carbocycles. The van der Waals surface area contributed by atoms with Crippen LogP contribution in [0.4, 0.5) is 0 Å². The van der Waals surface area contributed by atoms with Gasteiger partial charge in [0.1, 0.15) is 5.02 Å². The van der Waals surface area contributed by atoms with Crippen LogP contribution in [0.2, 0.25) is 5.02 Å². The fourth-order valence-corrected chi connectivity index (χ4v) is 0.770. The van der Waals surface area contributed by atoms with E-state index in [2.05, 4.69) is 5.10 Å². The first kappa shape index (κ1) is 6.42. The van der Waals surface area contributed by atoms with E-state index in [9.17, 15) is 4.79 Å². The molecule has 0 aliphatic carbocycles. The number of aryl methyl sites for hydroxylation is 1. The number of aromatic amines is 1. The molecule has 0 radical (unpaired) electrons. The van der Waals surface area contributed by atoms with Gasteiger partial charge in [-0.05, 0) is 6.92 Å². The van der Waals surface area contributed by atoms with Crippen LogP contribution in [0.25, 0.3) is 0 Å². The van der Waals surface area contributed by atoms with Crippen molar-refractivity contribution in [1.29, 1.82) is 0 Å². The molecule has 3 nitrogen and oxygen atoms in total. The Morgan fingerprint density at radius 1 is 1.89 bits per heavy atom. The minimum Gasteiger partial charge on any atom is -0.301 e. The van der Waals surface area contributed by atoms with Crippen molar-refractivity contribution < 1.29 is 0 Å². The smallest absolute Gasteiger partial charge is 0.285 e. The van der Waals surface area contributed by atoms with Crippen LogP contribution in [0.15, 0.2) is 11.0 Å². The van der Waals surface area contributed by atoms with E-state index in [1.807, 2.05) is 6.92 Å². The molecule has 0 saturated heterocycles. The van der Waals surface area contributed by atoms with Crippen LogP contribution in [0.1, 0.15) is 6.92 Å². The molecule has 0 saturated carbocycles. The summed E-state index contributed by atoms with van der Waals surface area (Å²) in [4.78, 5) is 10.8. The molecule has 0 aliphatic heterocycles. The Morgan fingerprint density at radius 3 is 2.78 bits per heavy atom. The number of rotatable bonds is 1. The van der Waals surface area contributed by atoms with Crippen molar-refractivity contribution in [3.05, 3.63) is 21.6 Å². The summed E-state index contributed by atoms with van der Waals surface area (Å²) in [5, 5.41) is 2.94. The molecule has 9 heavy (non-hydrogen) atoms. The summed E-state index contributed by atoms with van der Waals surface area (Å²) in [5.41, 5.74) is -0.154. The molecule has 4 heteroatoms. The largest absolute Gasteiger partial charge is 0.301 e. The quantitative estimate of drug-likeness (QED) is 0.627. The van der Waals surface area contributed by atoms with E-state index < -0.39 is 0 Å². The molecule has 1 heterocycles. The summed E-state index contributed by atoms with van der Waals surface area (Å²) in [6.45, 7) is 2.50. The summed E-state index contributed by atoms with van der Waals surface area (Å²) < 4.78 is 1.43. The van der Waals surface area contributed by atoms with Gasteiger partial charge in [-0.3, -0.25) is 9.48 Å². The van der Waals surface area contributed by atoms with Crippen molar-refractivity contribution in [3.8, 4) is 0 Å². The van der Waals surface area contributed by atoms with Crippen LogP contribution in [0.5, 0.6) is 0 Å². The predicted octanol–water partition coefficient (Wildman–Crippen LogP) is 0.850. The third-order valence-corrected chi connectivity index (χ3v) is 1.38. The lowest BCUT2D eigenvalue weighted by molar-refractivity contribution is 0.638. The summed E-state index contributed by atoms with van der Waals surface area (Å²) in [6, 6.07) is 0. The van der Waals surface area contributed by atoms with E-state index in [-0.39, 0.29) is 10.6 Å². The van der Waals surface area contributed by atoms with Gasteiger partial charge in [0.2, 0.25) is 0 Å². The van der Waals surface area contributed by atoms with E-state index in [4.69, 9.17) is 11.6 Å². The van der Waals surface area contributed by atoms with Gasteiger partial charge in [0.05, 0.1) is 0 Å². The number of hydrogen-bond donors (Lipinski definition) is 1. The lowest BCUT2D eigenvalue weighted by atomic mass is 10.7. The van der Waals surface area contributed by atoms with Crippen LogP contribution in [-0.4, -0.2) is 9.78 Å². The van der Waals surface area contributed by atoms with Crippen LogP contribution >= 0.6 is 11.6 Å². The molecule has 0 unspecified atom stereocenters. The molecule has 0 aliphatic rings. The maximum absolute atomic E-state index is 10.8. The standard InChI is InChI=1S/C5H7ClN2O/c1-2-8-5(9)4(6)3-7-8/h3,7H,2H2,1H3. The van der Waals surface area contributed by atoms with E-state index in [0.29, 0.717) is 6.54 Å². The number of H-pyrrole nitrogens is 1. The molecule has 0 bridgehead atoms. The fourth-order valence-electron chi connectivity index (χ4n) is 0.619. The highest BCUT2D eigenvalue weighted by Crippen LogP contribution is 1.95. The van der Waals surface area contributed by atoms with Crippen molar-refractivity contribution in [2.75, 3.05) is 0 Å². The Hall–Kier alpha value is -0.700. The Balaban J connectivity index is 3.20. The van der Waals surface area contributed by atoms with Crippen molar-refractivity contribution in [2.45, 2.75) is 13.5 Å². The summed E-state index contributed by atoms with van der Waals surface area (Å²) in [6.07, 6.45) is 1.48. The fraction of sp³-hybridized carbons (Fsp3) is 0.400. The minimum absolute atomic E-state index is 0.154. The normalized spacial score (nSPS) is 10.0. The maximum Gasteiger partial charge on any atom is 0.285 e. The monoisotopic (exact) mass is 146 g/mol. The highest BCUT2D eigenvalue weighted by Gasteiger charge is 1.98.